The summed E-state index contributed by atoms with van der Waals surface area (Å²) in [4.78, 5) is 27.7. The summed E-state index contributed by atoms with van der Waals surface area (Å²) in [6.45, 7) is -0.303. The van der Waals surface area contributed by atoms with E-state index in [-0.39, 0.29) is 37.4 Å². The Labute approximate surface area is 265 Å². The van der Waals surface area contributed by atoms with Crippen LogP contribution < -0.4 is 15.8 Å². The van der Waals surface area contributed by atoms with Crippen LogP contribution in [0.1, 0.15) is 34.8 Å². The lowest BCUT2D eigenvalue weighted by atomic mass is 10.00. The van der Waals surface area contributed by atoms with Crippen LogP contribution in [0.5, 0.6) is 5.75 Å². The summed E-state index contributed by atoms with van der Waals surface area (Å²) in [5.74, 6) is -5.82. The smallest absolute Gasteiger partial charge is 0.451 e. The molecule has 0 radical (unpaired) electrons. The minimum atomic E-state index is -4.73. The number of hydrogen-bond donors (Lipinski definition) is 2. The minimum absolute atomic E-state index is 0.0674. The zero-order valence-electron chi connectivity index (χ0n) is 24.8. The molecule has 5 rings (SSSR count). The van der Waals surface area contributed by atoms with Crippen molar-refractivity contribution in [2.24, 2.45) is 5.73 Å². The molecule has 0 bridgehead atoms. The van der Waals surface area contributed by atoms with E-state index >= 15 is 0 Å². The third kappa shape index (κ3) is 8.47. The highest BCUT2D eigenvalue weighted by Gasteiger charge is 2.40. The van der Waals surface area contributed by atoms with Crippen molar-refractivity contribution < 1.29 is 40.7 Å². The van der Waals surface area contributed by atoms with E-state index < -0.39 is 66.2 Å². The first-order valence-corrected chi connectivity index (χ1v) is 14.6. The monoisotopic (exact) mass is 660 g/mol. The second-order valence-electron chi connectivity index (χ2n) is 11.1. The highest BCUT2D eigenvalue weighted by atomic mass is 19.4. The Morgan fingerprint density at radius 2 is 1.62 bits per heavy atom. The van der Waals surface area contributed by atoms with Crippen molar-refractivity contribution in [3.8, 4) is 5.75 Å². The van der Waals surface area contributed by atoms with Gasteiger partial charge < -0.3 is 25.3 Å². The van der Waals surface area contributed by atoms with Crippen LogP contribution in [0.3, 0.4) is 0 Å². The van der Waals surface area contributed by atoms with Gasteiger partial charge in [-0.15, -0.1) is 10.2 Å². The number of nitrogens with one attached hydrogen (secondary N) is 1. The first kappa shape index (κ1) is 33.4. The summed E-state index contributed by atoms with van der Waals surface area (Å²) in [6.07, 6.45) is -5.51. The van der Waals surface area contributed by atoms with Crippen LogP contribution in [0.25, 0.3) is 0 Å². The number of nitrogens with two attached hydrogens (primary N) is 1. The quantitative estimate of drug-likeness (QED) is 0.183. The van der Waals surface area contributed by atoms with Crippen LogP contribution in [-0.2, 0) is 48.3 Å². The fourth-order valence-corrected chi connectivity index (χ4v) is 5.24. The largest absolute Gasteiger partial charge is 0.489 e. The summed E-state index contributed by atoms with van der Waals surface area (Å²) < 4.78 is 88.5. The van der Waals surface area contributed by atoms with Crippen molar-refractivity contribution in [2.45, 2.75) is 57.2 Å². The van der Waals surface area contributed by atoms with E-state index in [1.165, 1.54) is 4.90 Å². The standard InChI is InChI=1S/C32H30F6N6O3/c33-24-16-26(35)25(34)14-21(24)13-22(15-29(45)43-9-10-44-28(17-43)41-42-31(44)32(36,37)38)40-30(46)27(39)12-20-7-4-8-23(11-20)47-18-19-5-2-1-3-6-19/h1-8,11,14,16,22,27H,9-10,12-13,15,17-18,39H2,(H,40,46). The van der Waals surface area contributed by atoms with Crippen LogP contribution in [0.15, 0.2) is 66.7 Å². The Morgan fingerprint density at radius 1 is 0.894 bits per heavy atom. The van der Waals surface area contributed by atoms with Crippen LogP contribution in [0.2, 0.25) is 0 Å². The van der Waals surface area contributed by atoms with Crippen LogP contribution in [0, 0.1) is 17.5 Å². The van der Waals surface area contributed by atoms with Crippen molar-refractivity contribution in [1.29, 1.82) is 0 Å². The summed E-state index contributed by atoms with van der Waals surface area (Å²) >= 11 is 0. The number of ether oxygens (including phenoxy) is 1. The number of hydrogen-bond acceptors (Lipinski definition) is 6. The van der Waals surface area contributed by atoms with Crippen LogP contribution >= 0.6 is 0 Å². The van der Waals surface area contributed by atoms with Gasteiger partial charge >= 0.3 is 6.18 Å². The number of benzene rings is 3. The van der Waals surface area contributed by atoms with E-state index in [1.807, 2.05) is 30.3 Å². The second kappa shape index (κ2) is 14.2. The molecule has 1 aromatic heterocycles. The zero-order valence-corrected chi connectivity index (χ0v) is 24.8. The zero-order chi connectivity index (χ0) is 33.7. The molecule has 2 atom stereocenters. The van der Waals surface area contributed by atoms with E-state index in [0.717, 1.165) is 10.1 Å². The summed E-state index contributed by atoms with van der Waals surface area (Å²) in [7, 11) is 0. The number of carbonyl (C=O) groups excluding carboxylic acids is 2. The summed E-state index contributed by atoms with van der Waals surface area (Å²) in [5, 5.41) is 9.36. The van der Waals surface area contributed by atoms with Gasteiger partial charge in [0.15, 0.2) is 17.5 Å². The predicted octanol–water partition coefficient (Wildman–Crippen LogP) is 4.32. The number of fused-ring (bicyclic) bond motifs is 1. The predicted molar refractivity (Wildman–Crippen MR) is 156 cm³/mol. The molecular weight excluding hydrogens is 630 g/mol. The summed E-state index contributed by atoms with van der Waals surface area (Å²) in [6, 6.07) is 15.2. The number of amides is 2. The van der Waals surface area contributed by atoms with E-state index in [1.54, 1.807) is 24.3 Å². The molecule has 3 N–H and O–H groups in total. The third-order valence-corrected chi connectivity index (χ3v) is 7.62. The number of alkyl halides is 3. The van der Waals surface area contributed by atoms with Gasteiger partial charge in [-0.05, 0) is 47.7 Å². The molecule has 2 unspecified atom stereocenters. The SMILES string of the molecule is NC(Cc1cccc(OCc2ccccc2)c1)C(=O)NC(CC(=O)N1CCn2c(nnc2C(F)(F)F)C1)Cc1cc(F)c(F)cc1F. The first-order valence-electron chi connectivity index (χ1n) is 14.6. The van der Waals surface area contributed by atoms with Crippen molar-refractivity contribution in [3.05, 3.63) is 113 Å². The molecule has 4 aromatic rings. The number of aromatic nitrogens is 3. The minimum Gasteiger partial charge on any atom is -0.489 e. The molecule has 0 saturated heterocycles. The van der Waals surface area contributed by atoms with E-state index in [4.69, 9.17) is 10.5 Å². The van der Waals surface area contributed by atoms with Gasteiger partial charge in [0.05, 0.1) is 12.6 Å². The number of rotatable bonds is 11. The van der Waals surface area contributed by atoms with Crippen molar-refractivity contribution in [2.75, 3.05) is 6.54 Å². The highest BCUT2D eigenvalue weighted by Crippen LogP contribution is 2.29. The molecule has 0 spiro atoms. The topological polar surface area (TPSA) is 115 Å². The first-order chi connectivity index (χ1) is 22.4. The van der Waals surface area contributed by atoms with E-state index in [0.29, 0.717) is 30.1 Å². The molecule has 0 aliphatic carbocycles. The maximum atomic E-state index is 14.6. The third-order valence-electron chi connectivity index (χ3n) is 7.62. The number of carbonyl (C=O) groups is 2. The van der Waals surface area contributed by atoms with E-state index in [9.17, 15) is 35.9 Å². The van der Waals surface area contributed by atoms with Gasteiger partial charge in [-0.25, -0.2) is 13.2 Å². The molecule has 248 valence electrons. The molecule has 2 amide bonds. The van der Waals surface area contributed by atoms with Crippen molar-refractivity contribution in [1.82, 2.24) is 25.0 Å². The lowest BCUT2D eigenvalue weighted by Gasteiger charge is -2.30. The van der Waals surface area contributed by atoms with E-state index in [2.05, 4.69) is 15.5 Å². The van der Waals surface area contributed by atoms with Gasteiger partial charge in [-0.2, -0.15) is 13.2 Å². The number of nitrogens with zero attached hydrogens (tertiary/aromatic N) is 4. The average molecular weight is 661 g/mol. The van der Waals surface area contributed by atoms with Crippen molar-refractivity contribution >= 4 is 11.8 Å². The molecule has 1 aliphatic heterocycles. The molecule has 15 heteroatoms. The molecule has 2 heterocycles. The number of halogens is 6. The van der Waals surface area contributed by atoms with Crippen LogP contribution in [-0.4, -0.2) is 50.1 Å². The highest BCUT2D eigenvalue weighted by molar-refractivity contribution is 5.83. The molecule has 9 nitrogen and oxygen atoms in total. The van der Waals surface area contributed by atoms with Gasteiger partial charge in [0.2, 0.25) is 17.6 Å². The molecule has 47 heavy (non-hydrogen) atoms. The molecule has 0 saturated carbocycles. The van der Waals surface area contributed by atoms with Gasteiger partial charge in [0.1, 0.15) is 18.2 Å². The normalized spacial score (nSPS) is 14.3. The fraction of sp³-hybridized carbons (Fsp3) is 0.312. The summed E-state index contributed by atoms with van der Waals surface area (Å²) in [5.41, 5.74) is 7.54. The average Bonchev–Trinajstić information content (AvgIpc) is 3.47. The van der Waals surface area contributed by atoms with Gasteiger partial charge in [-0.3, -0.25) is 9.59 Å². The van der Waals surface area contributed by atoms with Crippen molar-refractivity contribution in [3.63, 3.8) is 0 Å². The molecule has 3 aromatic carbocycles. The molecule has 1 aliphatic rings. The Morgan fingerprint density at radius 3 is 2.36 bits per heavy atom. The Bertz CT molecular complexity index is 1730. The second-order valence-corrected chi connectivity index (χ2v) is 11.1. The lowest BCUT2D eigenvalue weighted by Crippen LogP contribution is -2.49. The fourth-order valence-electron chi connectivity index (χ4n) is 5.24. The Kier molecular flexibility index (Phi) is 10.1. The Hall–Kier alpha value is -4.92. The van der Waals surface area contributed by atoms with Gasteiger partial charge in [0, 0.05) is 31.6 Å². The maximum Gasteiger partial charge on any atom is 0.451 e. The maximum absolute atomic E-state index is 14.6. The Balaban J connectivity index is 1.26. The van der Waals surface area contributed by atoms with Gasteiger partial charge in [0.25, 0.3) is 0 Å². The molecule has 0 fully saturated rings. The molecular formula is C32H30F6N6O3. The lowest BCUT2D eigenvalue weighted by molar-refractivity contribution is -0.148. The van der Waals surface area contributed by atoms with Crippen LogP contribution in [0.4, 0.5) is 26.3 Å². The van der Waals surface area contributed by atoms with Gasteiger partial charge in [-0.1, -0.05) is 42.5 Å².